The summed E-state index contributed by atoms with van der Waals surface area (Å²) in [7, 11) is 0. The molecule has 0 aromatic heterocycles. The lowest BCUT2D eigenvalue weighted by Crippen LogP contribution is -2.31. The summed E-state index contributed by atoms with van der Waals surface area (Å²) < 4.78 is 0. The summed E-state index contributed by atoms with van der Waals surface area (Å²) in [5.41, 5.74) is 2.01. The van der Waals surface area contributed by atoms with Gasteiger partial charge in [-0.15, -0.1) is 5.10 Å². The second-order valence-electron chi connectivity index (χ2n) is 7.14. The lowest BCUT2D eigenvalue weighted by atomic mass is 10.0. The molecular weight excluding hydrogens is 414 g/mol. The normalized spacial score (nSPS) is 18.2. The number of benzene rings is 3. The number of hydrogen-bond donors (Lipinski definition) is 0. The number of nitrogens with zero attached hydrogens (tertiary/aromatic N) is 3. The average Bonchev–Trinajstić information content (AvgIpc) is 3.05. The highest BCUT2D eigenvalue weighted by atomic mass is 35.5. The van der Waals surface area contributed by atoms with Crippen molar-refractivity contribution in [1.29, 1.82) is 0 Å². The van der Waals surface area contributed by atoms with Crippen LogP contribution in [0.1, 0.15) is 30.9 Å². The first-order chi connectivity index (χ1) is 14.7. The molecule has 0 spiro atoms. The van der Waals surface area contributed by atoms with Gasteiger partial charge < -0.3 is 0 Å². The monoisotopic (exact) mass is 435 g/mol. The van der Waals surface area contributed by atoms with Gasteiger partial charge in [0.15, 0.2) is 5.17 Å². The summed E-state index contributed by atoms with van der Waals surface area (Å²) in [6, 6.07) is 21.8. The van der Waals surface area contributed by atoms with Crippen LogP contribution >= 0.6 is 23.4 Å². The van der Waals surface area contributed by atoms with Gasteiger partial charge in [-0.1, -0.05) is 91.3 Å². The van der Waals surface area contributed by atoms with Crippen LogP contribution in [-0.4, -0.2) is 27.4 Å². The molecule has 1 atom stereocenters. The highest BCUT2D eigenvalue weighted by molar-refractivity contribution is 8.15. The van der Waals surface area contributed by atoms with Crippen LogP contribution in [-0.2, 0) is 11.3 Å². The molecule has 6 heteroatoms. The van der Waals surface area contributed by atoms with E-state index in [0.717, 1.165) is 29.4 Å². The molecule has 152 valence electrons. The van der Waals surface area contributed by atoms with Crippen molar-refractivity contribution in [3.8, 4) is 0 Å². The molecule has 3 aromatic carbocycles. The molecule has 0 bridgehead atoms. The average molecular weight is 436 g/mol. The maximum absolute atomic E-state index is 13.1. The highest BCUT2D eigenvalue weighted by Gasteiger charge is 2.37. The van der Waals surface area contributed by atoms with E-state index in [4.69, 9.17) is 11.6 Å². The van der Waals surface area contributed by atoms with Crippen molar-refractivity contribution in [1.82, 2.24) is 4.90 Å². The summed E-state index contributed by atoms with van der Waals surface area (Å²) in [5, 5.41) is 12.2. The lowest BCUT2D eigenvalue weighted by molar-refractivity contribution is -0.126. The molecule has 1 fully saturated rings. The fourth-order valence-electron chi connectivity index (χ4n) is 3.47. The Morgan fingerprint density at radius 3 is 2.63 bits per heavy atom. The van der Waals surface area contributed by atoms with Crippen LogP contribution in [0.25, 0.3) is 10.8 Å². The van der Waals surface area contributed by atoms with E-state index in [1.165, 1.54) is 17.1 Å². The van der Waals surface area contributed by atoms with Gasteiger partial charge in [-0.3, -0.25) is 9.69 Å². The van der Waals surface area contributed by atoms with Crippen LogP contribution in [0.4, 0.5) is 0 Å². The first kappa shape index (κ1) is 20.6. The predicted molar refractivity (Wildman–Crippen MR) is 127 cm³/mol. The van der Waals surface area contributed by atoms with Crippen LogP contribution in [0.5, 0.6) is 0 Å². The van der Waals surface area contributed by atoms with Gasteiger partial charge in [0, 0.05) is 5.02 Å². The van der Waals surface area contributed by atoms with Crippen LogP contribution in [0.2, 0.25) is 5.02 Å². The quantitative estimate of drug-likeness (QED) is 0.345. The molecule has 1 heterocycles. The van der Waals surface area contributed by atoms with Gasteiger partial charge in [0.2, 0.25) is 5.91 Å². The molecule has 0 N–H and O–H groups in total. The number of carbonyl (C=O) groups excluding carboxylic acids is 1. The molecule has 0 saturated carbocycles. The fourth-order valence-corrected chi connectivity index (χ4v) is 4.81. The Morgan fingerprint density at radius 2 is 1.83 bits per heavy atom. The Labute approximate surface area is 185 Å². The fraction of sp³-hybridized carbons (Fsp3) is 0.208. The number of hydrogen-bond acceptors (Lipinski definition) is 4. The topological polar surface area (TPSA) is 45.0 Å². The predicted octanol–water partition coefficient (Wildman–Crippen LogP) is 6.13. The van der Waals surface area contributed by atoms with Crippen molar-refractivity contribution in [2.24, 2.45) is 10.2 Å². The van der Waals surface area contributed by atoms with Crippen LogP contribution in [0.3, 0.4) is 0 Å². The van der Waals surface area contributed by atoms with Crippen molar-refractivity contribution in [3.05, 3.63) is 82.9 Å². The Balaban J connectivity index is 1.62. The summed E-state index contributed by atoms with van der Waals surface area (Å²) in [5.74, 6) is 0.107. The van der Waals surface area contributed by atoms with Crippen molar-refractivity contribution in [3.63, 3.8) is 0 Å². The van der Waals surface area contributed by atoms with Gasteiger partial charge in [-0.2, -0.15) is 5.10 Å². The van der Waals surface area contributed by atoms with E-state index >= 15 is 0 Å². The number of fused-ring (bicyclic) bond motifs is 1. The van der Waals surface area contributed by atoms with Gasteiger partial charge in [-0.25, -0.2) is 0 Å². The van der Waals surface area contributed by atoms with Crippen LogP contribution in [0, 0.1) is 0 Å². The van der Waals surface area contributed by atoms with Gasteiger partial charge >= 0.3 is 0 Å². The molecule has 1 amide bonds. The number of amidine groups is 1. The molecule has 30 heavy (non-hydrogen) atoms. The minimum absolute atomic E-state index is 0.102. The minimum Gasteiger partial charge on any atom is -0.284 e. The second-order valence-corrected chi connectivity index (χ2v) is 8.74. The van der Waals surface area contributed by atoms with Gasteiger partial charge in [-0.05, 0) is 40.5 Å². The molecule has 3 aromatic rings. The molecule has 1 aliphatic rings. The van der Waals surface area contributed by atoms with E-state index in [0.29, 0.717) is 16.7 Å². The van der Waals surface area contributed by atoms with E-state index in [1.54, 1.807) is 11.1 Å². The van der Waals surface area contributed by atoms with E-state index < -0.39 is 0 Å². The molecule has 0 aliphatic carbocycles. The van der Waals surface area contributed by atoms with Crippen molar-refractivity contribution >= 4 is 51.4 Å². The first-order valence-corrected chi connectivity index (χ1v) is 11.2. The standard InChI is InChI=1S/C24H22ClN3OS/c1-2-6-22-23(29)28(16-19-9-5-8-18-7-3-4-10-21(18)19)24(30-22)27-26-15-17-11-13-20(25)14-12-17/h3-5,7-15,22H,2,6,16H2,1H3/b26-15-,27-24+/t22-/m1/s1. The van der Waals surface area contributed by atoms with Crippen LogP contribution in [0.15, 0.2) is 76.9 Å². The van der Waals surface area contributed by atoms with Gasteiger partial charge in [0.05, 0.1) is 18.0 Å². The zero-order valence-electron chi connectivity index (χ0n) is 16.7. The van der Waals surface area contributed by atoms with E-state index in [-0.39, 0.29) is 11.2 Å². The van der Waals surface area contributed by atoms with E-state index in [9.17, 15) is 4.79 Å². The molecular formula is C24H22ClN3OS. The molecule has 4 rings (SSSR count). The number of halogens is 1. The zero-order valence-corrected chi connectivity index (χ0v) is 18.2. The smallest absolute Gasteiger partial charge is 0.242 e. The number of thioether (sulfide) groups is 1. The minimum atomic E-state index is -0.102. The molecule has 1 saturated heterocycles. The SMILES string of the molecule is CCC[C@H]1S/C(=N/N=C\c2ccc(Cl)cc2)N(Cc2cccc3ccccc23)C1=O. The third-order valence-corrected chi connectivity index (χ3v) is 6.49. The zero-order chi connectivity index (χ0) is 20.9. The summed E-state index contributed by atoms with van der Waals surface area (Å²) in [6.07, 6.45) is 3.46. The van der Waals surface area contributed by atoms with Crippen molar-refractivity contribution < 1.29 is 4.79 Å². The maximum Gasteiger partial charge on any atom is 0.242 e. The molecule has 0 unspecified atom stereocenters. The van der Waals surface area contributed by atoms with E-state index in [2.05, 4.69) is 41.4 Å². The summed E-state index contributed by atoms with van der Waals surface area (Å²) >= 11 is 7.43. The summed E-state index contributed by atoms with van der Waals surface area (Å²) in [4.78, 5) is 14.8. The lowest BCUT2D eigenvalue weighted by Gasteiger charge is -2.17. The Morgan fingerprint density at radius 1 is 1.07 bits per heavy atom. The Bertz CT molecular complexity index is 1110. The summed E-state index contributed by atoms with van der Waals surface area (Å²) in [6.45, 7) is 2.58. The number of rotatable bonds is 6. The maximum atomic E-state index is 13.1. The third kappa shape index (κ3) is 4.58. The second kappa shape index (κ2) is 9.45. The third-order valence-electron chi connectivity index (χ3n) is 5.00. The van der Waals surface area contributed by atoms with Crippen molar-refractivity contribution in [2.45, 2.75) is 31.6 Å². The largest absolute Gasteiger partial charge is 0.284 e. The molecule has 4 nitrogen and oxygen atoms in total. The van der Waals surface area contributed by atoms with Crippen LogP contribution < -0.4 is 0 Å². The Hall–Kier alpha value is -2.63. The van der Waals surface area contributed by atoms with E-state index in [1.807, 2.05) is 42.5 Å². The van der Waals surface area contributed by atoms with Crippen molar-refractivity contribution in [2.75, 3.05) is 0 Å². The number of carbonyl (C=O) groups is 1. The molecule has 1 aliphatic heterocycles. The van der Waals surface area contributed by atoms with Gasteiger partial charge in [0.25, 0.3) is 0 Å². The highest BCUT2D eigenvalue weighted by Crippen LogP contribution is 2.32. The Kier molecular flexibility index (Phi) is 6.50. The first-order valence-electron chi connectivity index (χ1n) is 9.97. The number of amides is 1. The van der Waals surface area contributed by atoms with Gasteiger partial charge in [0.1, 0.15) is 0 Å². The molecule has 0 radical (unpaired) electrons.